The second kappa shape index (κ2) is 9.85. The first-order valence-electron chi connectivity index (χ1n) is 9.08. The average molecular weight is 387 g/mol. The molecule has 2 amide bonds. The molecular formula is C23H21N3O3. The van der Waals surface area contributed by atoms with Crippen LogP contribution in [0.15, 0.2) is 84.0 Å². The molecule has 146 valence electrons. The van der Waals surface area contributed by atoms with Crippen LogP contribution in [0, 0.1) is 6.92 Å². The van der Waals surface area contributed by atoms with Crippen molar-refractivity contribution in [3.8, 4) is 5.75 Å². The van der Waals surface area contributed by atoms with Crippen LogP contribution in [-0.4, -0.2) is 18.0 Å². The quantitative estimate of drug-likeness (QED) is 0.385. The Morgan fingerprint density at radius 3 is 2.31 bits per heavy atom. The fourth-order valence-corrected chi connectivity index (χ4v) is 2.50. The summed E-state index contributed by atoms with van der Waals surface area (Å²) >= 11 is 0. The lowest BCUT2D eigenvalue weighted by atomic mass is 10.2. The third-order valence-electron chi connectivity index (χ3n) is 4.11. The third-order valence-corrected chi connectivity index (χ3v) is 4.11. The Morgan fingerprint density at radius 1 is 0.897 bits per heavy atom. The molecule has 2 N–H and O–H groups in total. The van der Waals surface area contributed by atoms with Crippen molar-refractivity contribution in [3.05, 3.63) is 95.6 Å². The third kappa shape index (κ3) is 6.04. The Bertz CT molecular complexity index is 999. The lowest BCUT2D eigenvalue weighted by Crippen LogP contribution is -2.32. The van der Waals surface area contributed by atoms with E-state index in [1.54, 1.807) is 12.1 Å². The molecule has 3 aromatic carbocycles. The number of nitrogens with one attached hydrogen (secondary N) is 2. The highest BCUT2D eigenvalue weighted by molar-refractivity contribution is 6.39. The van der Waals surface area contributed by atoms with E-state index in [9.17, 15) is 9.59 Å². The molecule has 3 rings (SSSR count). The zero-order chi connectivity index (χ0) is 20.5. The van der Waals surface area contributed by atoms with E-state index in [4.69, 9.17) is 4.74 Å². The van der Waals surface area contributed by atoms with Crippen LogP contribution in [0.4, 0.5) is 5.69 Å². The molecule has 0 spiro atoms. The van der Waals surface area contributed by atoms with Crippen molar-refractivity contribution in [2.45, 2.75) is 13.5 Å². The number of anilines is 1. The molecule has 0 bridgehead atoms. The number of carbonyl (C=O) groups is 2. The molecule has 0 aliphatic heterocycles. The van der Waals surface area contributed by atoms with Crippen molar-refractivity contribution in [3.63, 3.8) is 0 Å². The molecule has 29 heavy (non-hydrogen) atoms. The lowest BCUT2D eigenvalue weighted by molar-refractivity contribution is -0.136. The number of aryl methyl sites for hydroxylation is 1. The molecule has 0 saturated heterocycles. The highest BCUT2D eigenvalue weighted by atomic mass is 16.5. The number of para-hydroxylation sites is 1. The molecule has 0 atom stereocenters. The van der Waals surface area contributed by atoms with Gasteiger partial charge >= 0.3 is 11.8 Å². The van der Waals surface area contributed by atoms with E-state index in [-0.39, 0.29) is 0 Å². The van der Waals surface area contributed by atoms with Crippen molar-refractivity contribution in [2.75, 3.05) is 5.32 Å². The smallest absolute Gasteiger partial charge is 0.329 e. The van der Waals surface area contributed by atoms with Crippen LogP contribution in [0.25, 0.3) is 0 Å². The molecule has 6 nitrogen and oxygen atoms in total. The van der Waals surface area contributed by atoms with Gasteiger partial charge in [-0.25, -0.2) is 5.43 Å². The van der Waals surface area contributed by atoms with E-state index in [1.165, 1.54) is 6.21 Å². The topological polar surface area (TPSA) is 79.8 Å². The summed E-state index contributed by atoms with van der Waals surface area (Å²) in [5.41, 5.74) is 5.52. The van der Waals surface area contributed by atoms with Gasteiger partial charge in [0.15, 0.2) is 0 Å². The second-order valence-electron chi connectivity index (χ2n) is 6.31. The molecule has 0 unspecified atom stereocenters. The second-order valence-corrected chi connectivity index (χ2v) is 6.31. The maximum absolute atomic E-state index is 11.9. The van der Waals surface area contributed by atoms with Gasteiger partial charge in [0, 0.05) is 5.69 Å². The number of amides is 2. The standard InChI is InChI=1S/C23H21N3O3/c1-17-7-5-6-10-21(17)25-22(27)23(28)26-24-15-18-11-13-20(14-12-18)29-16-19-8-3-2-4-9-19/h2-15H,16H2,1H3,(H,25,27)(H,26,28)/b24-15+. The Balaban J connectivity index is 1.47. The van der Waals surface area contributed by atoms with Crippen molar-refractivity contribution in [1.82, 2.24) is 5.43 Å². The molecule has 0 aromatic heterocycles. The number of nitrogens with zero attached hydrogens (tertiary/aromatic N) is 1. The van der Waals surface area contributed by atoms with Crippen molar-refractivity contribution < 1.29 is 14.3 Å². The van der Waals surface area contributed by atoms with E-state index in [1.807, 2.05) is 73.7 Å². The SMILES string of the molecule is Cc1ccccc1NC(=O)C(=O)N/N=C/c1ccc(OCc2ccccc2)cc1. The Hall–Kier alpha value is -3.93. The monoisotopic (exact) mass is 387 g/mol. The predicted molar refractivity (Wildman–Crippen MR) is 113 cm³/mol. The number of ether oxygens (including phenoxy) is 1. The zero-order valence-corrected chi connectivity index (χ0v) is 16.0. The minimum absolute atomic E-state index is 0.486. The largest absolute Gasteiger partial charge is 0.489 e. The normalized spacial score (nSPS) is 10.5. The van der Waals surface area contributed by atoms with E-state index in [0.29, 0.717) is 12.3 Å². The van der Waals surface area contributed by atoms with Crippen LogP contribution in [0.3, 0.4) is 0 Å². The number of hydrazone groups is 1. The predicted octanol–water partition coefficient (Wildman–Crippen LogP) is 3.66. The molecule has 3 aromatic rings. The van der Waals surface area contributed by atoms with Gasteiger partial charge < -0.3 is 10.1 Å². The number of carbonyl (C=O) groups excluding carboxylic acids is 2. The summed E-state index contributed by atoms with van der Waals surface area (Å²) in [4.78, 5) is 23.8. The highest BCUT2D eigenvalue weighted by Crippen LogP contribution is 2.14. The maximum atomic E-state index is 11.9. The number of rotatable bonds is 6. The van der Waals surface area contributed by atoms with Crippen molar-refractivity contribution in [1.29, 1.82) is 0 Å². The van der Waals surface area contributed by atoms with Gasteiger partial charge in [-0.1, -0.05) is 48.5 Å². The Labute approximate surface area is 169 Å². The summed E-state index contributed by atoms with van der Waals surface area (Å²) in [6, 6.07) is 24.4. The van der Waals surface area contributed by atoms with Crippen LogP contribution < -0.4 is 15.5 Å². The highest BCUT2D eigenvalue weighted by Gasteiger charge is 2.13. The first kappa shape index (κ1) is 19.8. The zero-order valence-electron chi connectivity index (χ0n) is 16.0. The lowest BCUT2D eigenvalue weighted by Gasteiger charge is -2.07. The van der Waals surface area contributed by atoms with Crippen molar-refractivity contribution in [2.24, 2.45) is 5.10 Å². The van der Waals surface area contributed by atoms with E-state index < -0.39 is 11.8 Å². The van der Waals surface area contributed by atoms with Gasteiger partial charge in [0.1, 0.15) is 12.4 Å². The molecule has 0 radical (unpaired) electrons. The summed E-state index contributed by atoms with van der Waals surface area (Å²) in [6.45, 7) is 2.33. The first-order valence-corrected chi connectivity index (χ1v) is 9.08. The van der Waals surface area contributed by atoms with Gasteiger partial charge in [-0.15, -0.1) is 0 Å². The Kier molecular flexibility index (Phi) is 6.73. The fraction of sp³-hybridized carbons (Fsp3) is 0.0870. The summed E-state index contributed by atoms with van der Waals surface area (Å²) in [5.74, 6) is -0.888. The molecule has 6 heteroatoms. The molecule has 0 aliphatic rings. The number of hydrogen-bond donors (Lipinski definition) is 2. The van der Waals surface area contributed by atoms with Crippen LogP contribution in [0.5, 0.6) is 5.75 Å². The number of hydrogen-bond acceptors (Lipinski definition) is 4. The maximum Gasteiger partial charge on any atom is 0.329 e. The van der Waals surface area contributed by atoms with Gasteiger partial charge in [-0.3, -0.25) is 9.59 Å². The molecule has 0 fully saturated rings. The summed E-state index contributed by atoms with van der Waals surface area (Å²) in [7, 11) is 0. The summed E-state index contributed by atoms with van der Waals surface area (Å²) in [5, 5.41) is 6.38. The van der Waals surface area contributed by atoms with Gasteiger partial charge in [-0.05, 0) is 53.9 Å². The van der Waals surface area contributed by atoms with Crippen LogP contribution in [0.1, 0.15) is 16.7 Å². The minimum Gasteiger partial charge on any atom is -0.489 e. The molecule has 0 saturated carbocycles. The number of benzene rings is 3. The van der Waals surface area contributed by atoms with Gasteiger partial charge in [0.05, 0.1) is 6.21 Å². The first-order chi connectivity index (χ1) is 14.1. The summed E-state index contributed by atoms with van der Waals surface area (Å²) in [6.07, 6.45) is 1.46. The minimum atomic E-state index is -0.840. The van der Waals surface area contributed by atoms with Gasteiger partial charge in [0.2, 0.25) is 0 Å². The van der Waals surface area contributed by atoms with E-state index in [0.717, 1.165) is 22.4 Å². The van der Waals surface area contributed by atoms with Crippen LogP contribution in [0.2, 0.25) is 0 Å². The van der Waals surface area contributed by atoms with Crippen molar-refractivity contribution >= 4 is 23.7 Å². The fourth-order valence-electron chi connectivity index (χ4n) is 2.50. The van der Waals surface area contributed by atoms with Crippen LogP contribution >= 0.6 is 0 Å². The average Bonchev–Trinajstić information content (AvgIpc) is 2.75. The summed E-state index contributed by atoms with van der Waals surface area (Å²) < 4.78 is 5.72. The van der Waals surface area contributed by atoms with E-state index in [2.05, 4.69) is 15.8 Å². The molecular weight excluding hydrogens is 366 g/mol. The van der Waals surface area contributed by atoms with Gasteiger partial charge in [-0.2, -0.15) is 5.10 Å². The van der Waals surface area contributed by atoms with E-state index >= 15 is 0 Å². The molecule has 0 heterocycles. The molecule has 0 aliphatic carbocycles. The van der Waals surface area contributed by atoms with Crippen LogP contribution in [-0.2, 0) is 16.2 Å². The Morgan fingerprint density at radius 2 is 1.59 bits per heavy atom. The van der Waals surface area contributed by atoms with Gasteiger partial charge in [0.25, 0.3) is 0 Å².